The number of anilines is 1. The molecule has 1 aromatic heterocycles. The van der Waals surface area contributed by atoms with E-state index in [0.717, 1.165) is 24.5 Å². The third kappa shape index (κ3) is 3.38. The first-order chi connectivity index (χ1) is 13.6. The lowest BCUT2D eigenvalue weighted by Gasteiger charge is -2.36. The number of halogens is 1. The number of aryl methyl sites for hydroxylation is 1. The summed E-state index contributed by atoms with van der Waals surface area (Å²) in [6.07, 6.45) is 0. The monoisotopic (exact) mass is 379 g/mol. The second-order valence-corrected chi connectivity index (χ2v) is 6.92. The van der Waals surface area contributed by atoms with Gasteiger partial charge in [-0.2, -0.15) is 0 Å². The molecule has 6 heteroatoms. The molecule has 4 rings (SSSR count). The molecule has 0 atom stereocenters. The number of ether oxygens (including phenoxy) is 1. The fraction of sp³-hybridized carbons (Fsp3) is 0.273. The molecule has 0 bridgehead atoms. The first kappa shape index (κ1) is 18.2. The van der Waals surface area contributed by atoms with E-state index in [-0.39, 0.29) is 11.7 Å². The van der Waals surface area contributed by atoms with E-state index in [4.69, 9.17) is 4.74 Å². The summed E-state index contributed by atoms with van der Waals surface area (Å²) < 4.78 is 19.0. The van der Waals surface area contributed by atoms with Gasteiger partial charge in [0, 0.05) is 43.3 Å². The van der Waals surface area contributed by atoms with E-state index in [1.54, 1.807) is 19.2 Å². The van der Waals surface area contributed by atoms with Gasteiger partial charge in [0.2, 0.25) is 0 Å². The van der Waals surface area contributed by atoms with Gasteiger partial charge in [-0.25, -0.2) is 4.39 Å². The van der Waals surface area contributed by atoms with Gasteiger partial charge in [-0.05, 0) is 37.3 Å². The Morgan fingerprint density at radius 1 is 1.07 bits per heavy atom. The van der Waals surface area contributed by atoms with Gasteiger partial charge < -0.3 is 14.5 Å². The summed E-state index contributed by atoms with van der Waals surface area (Å²) in [6.45, 7) is 4.49. The smallest absolute Gasteiger partial charge is 0.254 e. The third-order valence-electron chi connectivity index (χ3n) is 5.12. The lowest BCUT2D eigenvalue weighted by Crippen LogP contribution is -2.49. The Hall–Kier alpha value is -3.15. The molecule has 0 spiro atoms. The molecule has 0 aliphatic carbocycles. The van der Waals surface area contributed by atoms with Crippen LogP contribution in [-0.2, 0) is 0 Å². The van der Waals surface area contributed by atoms with Crippen molar-refractivity contribution in [3.05, 3.63) is 65.6 Å². The van der Waals surface area contributed by atoms with Crippen molar-refractivity contribution in [1.82, 2.24) is 9.88 Å². The van der Waals surface area contributed by atoms with Crippen LogP contribution in [-0.4, -0.2) is 49.1 Å². The number of pyridine rings is 1. The number of carbonyl (C=O) groups is 1. The lowest BCUT2D eigenvalue weighted by atomic mass is 10.1. The highest BCUT2D eigenvalue weighted by molar-refractivity contribution is 6.06. The molecule has 1 aliphatic rings. The van der Waals surface area contributed by atoms with E-state index in [1.165, 1.54) is 12.1 Å². The minimum absolute atomic E-state index is 0.0400. The summed E-state index contributed by atoms with van der Waals surface area (Å²) in [5, 5.41) is 0.684. The number of carbonyl (C=O) groups excluding carboxylic acids is 1. The van der Waals surface area contributed by atoms with Crippen LogP contribution in [0.1, 0.15) is 16.1 Å². The largest absolute Gasteiger partial charge is 0.495 e. The van der Waals surface area contributed by atoms with E-state index in [9.17, 15) is 9.18 Å². The number of benzene rings is 2. The lowest BCUT2D eigenvalue weighted by molar-refractivity contribution is 0.0748. The van der Waals surface area contributed by atoms with Gasteiger partial charge in [0.05, 0.1) is 23.9 Å². The van der Waals surface area contributed by atoms with Crippen molar-refractivity contribution in [2.45, 2.75) is 6.92 Å². The normalized spacial score (nSPS) is 14.4. The van der Waals surface area contributed by atoms with E-state index in [1.807, 2.05) is 36.1 Å². The summed E-state index contributed by atoms with van der Waals surface area (Å²) >= 11 is 0. The van der Waals surface area contributed by atoms with Crippen LogP contribution in [0.3, 0.4) is 0 Å². The Kier molecular flexibility index (Phi) is 4.86. The topological polar surface area (TPSA) is 45.7 Å². The van der Waals surface area contributed by atoms with Gasteiger partial charge in [0.15, 0.2) is 0 Å². The number of aromatic nitrogens is 1. The number of hydrogen-bond donors (Lipinski definition) is 0. The van der Waals surface area contributed by atoms with Gasteiger partial charge in [0.25, 0.3) is 5.91 Å². The highest BCUT2D eigenvalue weighted by atomic mass is 19.1. The van der Waals surface area contributed by atoms with Gasteiger partial charge in [-0.3, -0.25) is 9.78 Å². The highest BCUT2D eigenvalue weighted by Crippen LogP contribution is 2.29. The number of amides is 1. The maximum Gasteiger partial charge on any atom is 0.254 e. The predicted octanol–water partition coefficient (Wildman–Crippen LogP) is 3.65. The minimum atomic E-state index is -0.352. The quantitative estimate of drug-likeness (QED) is 0.697. The van der Waals surface area contributed by atoms with Crippen LogP contribution in [0.15, 0.2) is 48.5 Å². The Balaban J connectivity index is 1.56. The summed E-state index contributed by atoms with van der Waals surface area (Å²) in [5.41, 5.74) is 2.83. The number of para-hydroxylation sites is 2. The molecule has 0 N–H and O–H groups in total. The number of fused-ring (bicyclic) bond motifs is 1. The van der Waals surface area contributed by atoms with Gasteiger partial charge in [0.1, 0.15) is 11.6 Å². The molecule has 2 heterocycles. The molecular formula is C22H22FN3O2. The average Bonchev–Trinajstić information content (AvgIpc) is 2.72. The van der Waals surface area contributed by atoms with Crippen molar-refractivity contribution in [2.75, 3.05) is 38.2 Å². The fourth-order valence-electron chi connectivity index (χ4n) is 3.72. The molecule has 2 aromatic carbocycles. The molecule has 1 aliphatic heterocycles. The van der Waals surface area contributed by atoms with Gasteiger partial charge >= 0.3 is 0 Å². The van der Waals surface area contributed by atoms with Crippen molar-refractivity contribution in [3.63, 3.8) is 0 Å². The number of piperazine rings is 1. The Morgan fingerprint density at radius 2 is 1.82 bits per heavy atom. The first-order valence-corrected chi connectivity index (χ1v) is 9.31. The average molecular weight is 379 g/mol. The second kappa shape index (κ2) is 7.46. The van der Waals surface area contributed by atoms with E-state index >= 15 is 0 Å². The highest BCUT2D eigenvalue weighted by Gasteiger charge is 2.25. The molecule has 144 valence electrons. The fourth-order valence-corrected chi connectivity index (χ4v) is 3.72. The molecule has 1 amide bonds. The molecule has 28 heavy (non-hydrogen) atoms. The van der Waals surface area contributed by atoms with Crippen molar-refractivity contribution in [3.8, 4) is 5.75 Å². The number of rotatable bonds is 3. The van der Waals surface area contributed by atoms with Crippen LogP contribution in [0.5, 0.6) is 5.75 Å². The van der Waals surface area contributed by atoms with Crippen molar-refractivity contribution >= 4 is 22.5 Å². The molecular weight excluding hydrogens is 357 g/mol. The Morgan fingerprint density at radius 3 is 2.57 bits per heavy atom. The maximum atomic E-state index is 13.6. The summed E-state index contributed by atoms with van der Waals surface area (Å²) in [5.74, 6) is 0.441. The minimum Gasteiger partial charge on any atom is -0.495 e. The van der Waals surface area contributed by atoms with E-state index in [2.05, 4.69) is 9.88 Å². The van der Waals surface area contributed by atoms with Crippen LogP contribution >= 0.6 is 0 Å². The van der Waals surface area contributed by atoms with Crippen molar-refractivity contribution < 1.29 is 13.9 Å². The van der Waals surface area contributed by atoms with Gasteiger partial charge in [-0.15, -0.1) is 0 Å². The molecule has 0 radical (unpaired) electrons. The summed E-state index contributed by atoms with van der Waals surface area (Å²) in [6, 6.07) is 14.1. The molecule has 0 saturated carbocycles. The third-order valence-corrected chi connectivity index (χ3v) is 5.12. The van der Waals surface area contributed by atoms with Crippen LogP contribution in [0.4, 0.5) is 10.1 Å². The Labute approximate surface area is 163 Å². The molecule has 1 saturated heterocycles. The zero-order valence-corrected chi connectivity index (χ0v) is 16.0. The second-order valence-electron chi connectivity index (χ2n) is 6.92. The number of nitrogens with zero attached hydrogens (tertiary/aromatic N) is 3. The number of methoxy groups -OCH3 is 1. The zero-order valence-electron chi connectivity index (χ0n) is 16.0. The van der Waals surface area contributed by atoms with Crippen molar-refractivity contribution in [2.24, 2.45) is 0 Å². The van der Waals surface area contributed by atoms with Crippen LogP contribution in [0.2, 0.25) is 0 Å². The number of hydrogen-bond acceptors (Lipinski definition) is 4. The maximum absolute atomic E-state index is 13.6. The van der Waals surface area contributed by atoms with Crippen molar-refractivity contribution in [1.29, 1.82) is 0 Å². The van der Waals surface area contributed by atoms with Gasteiger partial charge in [-0.1, -0.05) is 12.1 Å². The van der Waals surface area contributed by atoms with E-state index in [0.29, 0.717) is 35.2 Å². The summed E-state index contributed by atoms with van der Waals surface area (Å²) in [4.78, 5) is 21.6. The molecule has 0 unspecified atom stereocenters. The van der Waals surface area contributed by atoms with Crippen LogP contribution < -0.4 is 9.64 Å². The zero-order chi connectivity index (χ0) is 19.7. The Bertz CT molecular complexity index is 1020. The predicted molar refractivity (Wildman–Crippen MR) is 108 cm³/mol. The molecule has 3 aromatic rings. The summed E-state index contributed by atoms with van der Waals surface area (Å²) in [7, 11) is 1.67. The first-order valence-electron chi connectivity index (χ1n) is 9.31. The molecule has 5 nitrogen and oxygen atoms in total. The molecule has 1 fully saturated rings. The standard InChI is InChI=1S/C22H22FN3O2/c1-15-13-18(17-8-7-16(23)14-19(17)24-15)22(27)26-11-9-25(10-12-26)20-5-3-4-6-21(20)28-2/h3-8,13-14H,9-12H2,1-2H3. The van der Waals surface area contributed by atoms with E-state index < -0.39 is 0 Å². The van der Waals surface area contributed by atoms with Crippen LogP contribution in [0.25, 0.3) is 10.9 Å². The SMILES string of the molecule is COc1ccccc1N1CCN(C(=O)c2cc(C)nc3cc(F)ccc23)CC1. The van der Waals surface area contributed by atoms with Crippen LogP contribution in [0, 0.1) is 12.7 Å².